The Morgan fingerprint density at radius 1 is 1.00 bits per heavy atom. The molecule has 0 saturated carbocycles. The standard InChI is InChI=1S/C28H25ClN2O6/c1-36-23-4-2-3-20(15-23)25(32)17-37-28(35)19-7-11-22(12-8-19)31-26(33)16-24(27(31)34)30-14-13-18-5-9-21(29)10-6-18/h2-12,15,24,30H,13-14,16-17H2,1H3. The number of imide groups is 1. The zero-order valence-corrected chi connectivity index (χ0v) is 20.9. The first-order valence-corrected chi connectivity index (χ1v) is 12.0. The third-order valence-electron chi connectivity index (χ3n) is 5.95. The van der Waals surface area contributed by atoms with Crippen LogP contribution in [0.1, 0.15) is 32.7 Å². The Morgan fingerprint density at radius 3 is 2.43 bits per heavy atom. The highest BCUT2D eigenvalue weighted by atomic mass is 35.5. The maximum atomic E-state index is 12.9. The van der Waals surface area contributed by atoms with Crippen LogP contribution in [0, 0.1) is 0 Å². The number of halogens is 1. The van der Waals surface area contributed by atoms with Crippen LogP contribution in [0.15, 0.2) is 72.8 Å². The van der Waals surface area contributed by atoms with Crippen molar-refractivity contribution in [3.05, 3.63) is 94.5 Å². The second kappa shape index (κ2) is 11.8. The summed E-state index contributed by atoms with van der Waals surface area (Å²) in [5.41, 5.74) is 1.99. The molecule has 3 aromatic carbocycles. The van der Waals surface area contributed by atoms with Crippen molar-refractivity contribution in [3.63, 3.8) is 0 Å². The van der Waals surface area contributed by atoms with Crippen molar-refractivity contribution in [2.45, 2.75) is 18.9 Å². The van der Waals surface area contributed by atoms with Gasteiger partial charge in [0.15, 0.2) is 12.4 Å². The minimum absolute atomic E-state index is 0.0512. The zero-order valence-electron chi connectivity index (χ0n) is 20.1. The molecule has 4 rings (SSSR count). The number of hydrogen-bond acceptors (Lipinski definition) is 7. The van der Waals surface area contributed by atoms with Gasteiger partial charge in [0.2, 0.25) is 5.91 Å². The van der Waals surface area contributed by atoms with Crippen molar-refractivity contribution in [1.29, 1.82) is 0 Å². The monoisotopic (exact) mass is 520 g/mol. The van der Waals surface area contributed by atoms with Crippen molar-refractivity contribution < 1.29 is 28.7 Å². The van der Waals surface area contributed by atoms with Crippen LogP contribution in [0.25, 0.3) is 0 Å². The summed E-state index contributed by atoms with van der Waals surface area (Å²) in [4.78, 5) is 51.3. The van der Waals surface area contributed by atoms with E-state index < -0.39 is 18.6 Å². The number of methoxy groups -OCH3 is 1. The van der Waals surface area contributed by atoms with Gasteiger partial charge in [0, 0.05) is 10.6 Å². The van der Waals surface area contributed by atoms with Gasteiger partial charge in [-0.2, -0.15) is 0 Å². The molecule has 3 aromatic rings. The van der Waals surface area contributed by atoms with Gasteiger partial charge in [-0.25, -0.2) is 9.69 Å². The molecule has 190 valence electrons. The number of benzene rings is 3. The predicted octanol–water partition coefficient (Wildman–Crippen LogP) is 3.85. The van der Waals surface area contributed by atoms with Crippen LogP contribution in [0.4, 0.5) is 5.69 Å². The molecule has 1 atom stereocenters. The molecule has 0 radical (unpaired) electrons. The van der Waals surface area contributed by atoms with Gasteiger partial charge < -0.3 is 14.8 Å². The molecular formula is C28H25ClN2O6. The lowest BCUT2D eigenvalue weighted by atomic mass is 10.1. The quantitative estimate of drug-likeness (QED) is 0.246. The van der Waals surface area contributed by atoms with E-state index in [2.05, 4.69) is 5.32 Å². The van der Waals surface area contributed by atoms with E-state index in [4.69, 9.17) is 21.1 Å². The molecule has 1 heterocycles. The first kappa shape index (κ1) is 26.1. The number of esters is 1. The molecule has 1 unspecified atom stereocenters. The van der Waals surface area contributed by atoms with Gasteiger partial charge in [0.1, 0.15) is 5.75 Å². The summed E-state index contributed by atoms with van der Waals surface area (Å²) in [7, 11) is 1.50. The summed E-state index contributed by atoms with van der Waals surface area (Å²) in [5, 5.41) is 3.80. The van der Waals surface area contributed by atoms with Gasteiger partial charge in [0.05, 0.1) is 30.8 Å². The third-order valence-corrected chi connectivity index (χ3v) is 6.20. The fourth-order valence-corrected chi connectivity index (χ4v) is 4.07. The van der Waals surface area contributed by atoms with Crippen LogP contribution in [0.2, 0.25) is 5.02 Å². The summed E-state index contributed by atoms with van der Waals surface area (Å²) < 4.78 is 10.2. The van der Waals surface area contributed by atoms with Gasteiger partial charge in [-0.1, -0.05) is 35.9 Å². The highest BCUT2D eigenvalue weighted by Gasteiger charge is 2.39. The van der Waals surface area contributed by atoms with E-state index in [1.807, 2.05) is 12.1 Å². The molecular weight excluding hydrogens is 496 g/mol. The summed E-state index contributed by atoms with van der Waals surface area (Å²) in [5.74, 6) is -1.21. The second-order valence-corrected chi connectivity index (χ2v) is 8.87. The number of amides is 2. The second-order valence-electron chi connectivity index (χ2n) is 8.43. The molecule has 9 heteroatoms. The Labute approximate surface area is 219 Å². The smallest absolute Gasteiger partial charge is 0.338 e. The van der Waals surface area contributed by atoms with Crippen molar-refractivity contribution in [2.24, 2.45) is 0 Å². The van der Waals surface area contributed by atoms with Gasteiger partial charge in [0.25, 0.3) is 5.91 Å². The number of anilines is 1. The SMILES string of the molecule is COc1cccc(C(=O)COC(=O)c2ccc(N3C(=O)CC(NCCc4ccc(Cl)cc4)C3=O)cc2)c1. The Kier molecular flexibility index (Phi) is 8.32. The van der Waals surface area contributed by atoms with E-state index in [0.29, 0.717) is 35.0 Å². The number of nitrogens with one attached hydrogen (secondary N) is 1. The van der Waals surface area contributed by atoms with Crippen LogP contribution >= 0.6 is 11.6 Å². The lowest BCUT2D eigenvalue weighted by molar-refractivity contribution is -0.121. The maximum Gasteiger partial charge on any atom is 0.338 e. The largest absolute Gasteiger partial charge is 0.497 e. The summed E-state index contributed by atoms with van der Waals surface area (Å²) in [6.45, 7) is 0.0959. The molecule has 0 spiro atoms. The van der Waals surface area contributed by atoms with Crippen LogP contribution in [0.3, 0.4) is 0 Å². The average molecular weight is 521 g/mol. The molecule has 0 aromatic heterocycles. The molecule has 0 aliphatic carbocycles. The fraction of sp³-hybridized carbons (Fsp3) is 0.214. The molecule has 8 nitrogen and oxygen atoms in total. The number of nitrogens with zero attached hydrogens (tertiary/aromatic N) is 1. The molecule has 1 fully saturated rings. The van der Waals surface area contributed by atoms with Crippen molar-refractivity contribution in [3.8, 4) is 5.75 Å². The van der Waals surface area contributed by atoms with E-state index >= 15 is 0 Å². The topological polar surface area (TPSA) is 102 Å². The molecule has 1 aliphatic heterocycles. The van der Waals surface area contributed by atoms with Crippen LogP contribution in [0.5, 0.6) is 5.75 Å². The normalized spacial score (nSPS) is 15.1. The fourth-order valence-electron chi connectivity index (χ4n) is 3.95. The molecule has 1 saturated heterocycles. The van der Waals surface area contributed by atoms with Crippen LogP contribution in [-0.4, -0.2) is 49.9 Å². The highest BCUT2D eigenvalue weighted by molar-refractivity contribution is 6.30. The Bertz CT molecular complexity index is 1310. The van der Waals surface area contributed by atoms with Crippen LogP contribution in [-0.2, 0) is 20.7 Å². The Balaban J connectivity index is 1.30. The molecule has 2 amide bonds. The number of ether oxygens (including phenoxy) is 2. The summed E-state index contributed by atoms with van der Waals surface area (Å²) >= 11 is 5.90. The minimum atomic E-state index is -0.691. The Hall–Kier alpha value is -4.01. The lowest BCUT2D eigenvalue weighted by Crippen LogP contribution is -2.39. The van der Waals surface area contributed by atoms with Gasteiger partial charge >= 0.3 is 5.97 Å². The maximum absolute atomic E-state index is 12.9. The number of hydrogen-bond donors (Lipinski definition) is 1. The van der Waals surface area contributed by atoms with Crippen LogP contribution < -0.4 is 15.0 Å². The van der Waals surface area contributed by atoms with E-state index in [-0.39, 0.29) is 29.6 Å². The molecule has 0 bridgehead atoms. The molecule has 1 aliphatic rings. The third kappa shape index (κ3) is 6.41. The first-order chi connectivity index (χ1) is 17.9. The van der Waals surface area contributed by atoms with E-state index in [9.17, 15) is 19.2 Å². The van der Waals surface area contributed by atoms with Gasteiger partial charge in [-0.05, 0) is 67.1 Å². The van der Waals surface area contributed by atoms with Crippen molar-refractivity contribution in [1.82, 2.24) is 5.32 Å². The lowest BCUT2D eigenvalue weighted by Gasteiger charge is -2.16. The summed E-state index contributed by atoms with van der Waals surface area (Å²) in [6.07, 6.45) is 0.738. The highest BCUT2D eigenvalue weighted by Crippen LogP contribution is 2.24. The number of Topliss-reactive ketones (excluding diaryl/α,β-unsaturated/α-hetero) is 1. The predicted molar refractivity (Wildman–Crippen MR) is 138 cm³/mol. The van der Waals surface area contributed by atoms with E-state index in [0.717, 1.165) is 10.5 Å². The number of carbonyl (C=O) groups excluding carboxylic acids is 4. The van der Waals surface area contributed by atoms with E-state index in [1.165, 1.54) is 31.4 Å². The first-order valence-electron chi connectivity index (χ1n) is 11.6. The van der Waals surface area contributed by atoms with Gasteiger partial charge in [-0.15, -0.1) is 0 Å². The number of ketones is 1. The van der Waals surface area contributed by atoms with E-state index in [1.54, 1.807) is 36.4 Å². The average Bonchev–Trinajstić information content (AvgIpc) is 3.20. The number of carbonyl (C=O) groups is 4. The minimum Gasteiger partial charge on any atom is -0.497 e. The molecule has 37 heavy (non-hydrogen) atoms. The number of rotatable bonds is 10. The zero-order chi connectivity index (χ0) is 26.4. The molecule has 1 N–H and O–H groups in total. The van der Waals surface area contributed by atoms with Gasteiger partial charge in [-0.3, -0.25) is 14.4 Å². The van der Waals surface area contributed by atoms with Crippen molar-refractivity contribution >= 4 is 40.9 Å². The summed E-state index contributed by atoms with van der Waals surface area (Å²) in [6, 6.07) is 19.3. The Morgan fingerprint density at radius 2 is 1.73 bits per heavy atom. The van der Waals surface area contributed by atoms with Crippen molar-refractivity contribution in [2.75, 3.05) is 25.2 Å².